The Morgan fingerprint density at radius 1 is 0.789 bits per heavy atom. The number of phenolic OH excluding ortho intramolecular Hbond substituents is 1. The summed E-state index contributed by atoms with van der Waals surface area (Å²) in [5.41, 5.74) is 1.41. The van der Waals surface area contributed by atoms with Crippen LogP contribution >= 0.6 is 0 Å². The molecule has 0 saturated carbocycles. The summed E-state index contributed by atoms with van der Waals surface area (Å²) in [4.78, 5) is 0. The predicted octanol–water partition coefficient (Wildman–Crippen LogP) is 5.30. The van der Waals surface area contributed by atoms with Crippen LogP contribution in [0.4, 0.5) is 0 Å². The minimum Gasteiger partial charge on any atom is -0.508 e. The zero-order valence-electron chi connectivity index (χ0n) is 12.5. The van der Waals surface area contributed by atoms with E-state index in [-0.39, 0.29) is 0 Å². The Morgan fingerprint density at radius 2 is 1.16 bits per heavy atom. The molecule has 2 aromatic carbocycles. The SMILES string of the molecule is CC(C)C.CCc1ccccc1.Oc1ccccc1. The van der Waals surface area contributed by atoms with E-state index in [9.17, 15) is 0 Å². The molecule has 0 radical (unpaired) electrons. The van der Waals surface area contributed by atoms with E-state index >= 15 is 0 Å². The third-order valence-electron chi connectivity index (χ3n) is 2.01. The second-order valence-corrected chi connectivity index (χ2v) is 4.91. The first-order chi connectivity index (χ1) is 9.06. The summed E-state index contributed by atoms with van der Waals surface area (Å²) < 4.78 is 0. The molecular weight excluding hydrogens is 232 g/mol. The molecule has 0 aromatic heterocycles. The number of para-hydroxylation sites is 1. The van der Waals surface area contributed by atoms with E-state index in [1.807, 2.05) is 12.1 Å². The Hall–Kier alpha value is -1.76. The fourth-order valence-electron chi connectivity index (χ4n) is 1.14. The Kier molecular flexibility index (Phi) is 10.3. The molecule has 0 saturated heterocycles. The van der Waals surface area contributed by atoms with Gasteiger partial charge >= 0.3 is 0 Å². The molecule has 104 valence electrons. The lowest BCUT2D eigenvalue weighted by Crippen LogP contribution is -1.73. The van der Waals surface area contributed by atoms with Crippen molar-refractivity contribution in [3.63, 3.8) is 0 Å². The molecule has 19 heavy (non-hydrogen) atoms. The normalized spacial score (nSPS) is 8.89. The summed E-state index contributed by atoms with van der Waals surface area (Å²) in [6.45, 7) is 8.66. The third kappa shape index (κ3) is 12.5. The Bertz CT molecular complexity index is 390. The molecule has 2 aromatic rings. The summed E-state index contributed by atoms with van der Waals surface area (Å²) in [7, 11) is 0. The average Bonchev–Trinajstić information content (AvgIpc) is 2.41. The molecule has 0 unspecified atom stereocenters. The third-order valence-corrected chi connectivity index (χ3v) is 2.01. The number of phenols is 1. The lowest BCUT2D eigenvalue weighted by molar-refractivity contribution is 0.475. The molecule has 0 spiro atoms. The lowest BCUT2D eigenvalue weighted by atomic mass is 10.2. The van der Waals surface area contributed by atoms with Crippen LogP contribution in [0, 0.1) is 5.92 Å². The van der Waals surface area contributed by atoms with Crippen LogP contribution in [0.15, 0.2) is 60.7 Å². The van der Waals surface area contributed by atoms with Gasteiger partial charge in [0.2, 0.25) is 0 Å². The van der Waals surface area contributed by atoms with Crippen molar-refractivity contribution in [3.8, 4) is 5.75 Å². The standard InChI is InChI=1S/C8H10.C6H6O.C4H10/c1-2-8-6-4-3-5-7-8;7-6-4-2-1-3-5-6;1-4(2)3/h3-7H,2H2,1H3;1-5,7H;4H,1-3H3. The van der Waals surface area contributed by atoms with Crippen molar-refractivity contribution in [1.29, 1.82) is 0 Å². The van der Waals surface area contributed by atoms with Gasteiger partial charge in [0.05, 0.1) is 0 Å². The van der Waals surface area contributed by atoms with Crippen LogP contribution in [0.1, 0.15) is 33.3 Å². The summed E-state index contributed by atoms with van der Waals surface area (Å²) in [6, 6.07) is 19.2. The van der Waals surface area contributed by atoms with Gasteiger partial charge in [-0.25, -0.2) is 0 Å². The van der Waals surface area contributed by atoms with Gasteiger partial charge in [0.15, 0.2) is 0 Å². The molecule has 0 aliphatic heterocycles. The Morgan fingerprint density at radius 3 is 1.37 bits per heavy atom. The van der Waals surface area contributed by atoms with Crippen molar-refractivity contribution >= 4 is 0 Å². The Labute approximate surface area is 117 Å². The fraction of sp³-hybridized carbons (Fsp3) is 0.333. The second kappa shape index (κ2) is 11.3. The zero-order valence-corrected chi connectivity index (χ0v) is 12.5. The van der Waals surface area contributed by atoms with Gasteiger partial charge in [0.1, 0.15) is 5.75 Å². The molecule has 1 nitrogen and oxygen atoms in total. The van der Waals surface area contributed by atoms with E-state index in [1.165, 1.54) is 5.56 Å². The molecular formula is C18H26O. The van der Waals surface area contributed by atoms with Gasteiger partial charge in [-0.3, -0.25) is 0 Å². The summed E-state index contributed by atoms with van der Waals surface area (Å²) in [6.07, 6.45) is 1.14. The first kappa shape index (κ1) is 17.2. The van der Waals surface area contributed by atoms with Gasteiger partial charge in [0.25, 0.3) is 0 Å². The van der Waals surface area contributed by atoms with E-state index in [2.05, 4.69) is 52.0 Å². The topological polar surface area (TPSA) is 20.2 Å². The van der Waals surface area contributed by atoms with Crippen LogP contribution < -0.4 is 0 Å². The molecule has 2 rings (SSSR count). The zero-order chi connectivity index (χ0) is 14.5. The van der Waals surface area contributed by atoms with Crippen molar-refractivity contribution in [1.82, 2.24) is 0 Å². The highest BCUT2D eigenvalue weighted by atomic mass is 16.3. The molecule has 0 amide bonds. The fourth-order valence-corrected chi connectivity index (χ4v) is 1.14. The first-order valence-corrected chi connectivity index (χ1v) is 6.84. The van der Waals surface area contributed by atoms with Crippen molar-refractivity contribution in [2.45, 2.75) is 34.1 Å². The molecule has 1 heteroatoms. The quantitative estimate of drug-likeness (QED) is 0.735. The summed E-state index contributed by atoms with van der Waals surface area (Å²) >= 11 is 0. The van der Waals surface area contributed by atoms with E-state index in [0.29, 0.717) is 5.75 Å². The summed E-state index contributed by atoms with van der Waals surface area (Å²) in [5, 5.41) is 8.63. The maximum Gasteiger partial charge on any atom is 0.115 e. The van der Waals surface area contributed by atoms with Crippen molar-refractivity contribution in [3.05, 3.63) is 66.2 Å². The minimum absolute atomic E-state index is 0.322. The minimum atomic E-state index is 0.322. The smallest absolute Gasteiger partial charge is 0.115 e. The summed E-state index contributed by atoms with van der Waals surface area (Å²) in [5.74, 6) is 1.16. The number of aryl methyl sites for hydroxylation is 1. The lowest BCUT2D eigenvalue weighted by Gasteiger charge is -1.89. The molecule has 0 fully saturated rings. The van der Waals surface area contributed by atoms with Gasteiger partial charge in [-0.05, 0) is 30.0 Å². The monoisotopic (exact) mass is 258 g/mol. The van der Waals surface area contributed by atoms with Crippen molar-refractivity contribution in [2.75, 3.05) is 0 Å². The maximum absolute atomic E-state index is 8.63. The van der Waals surface area contributed by atoms with E-state index in [1.54, 1.807) is 24.3 Å². The van der Waals surface area contributed by atoms with Crippen LogP contribution in [0.25, 0.3) is 0 Å². The number of benzene rings is 2. The van der Waals surface area contributed by atoms with Gasteiger partial charge in [0, 0.05) is 0 Å². The van der Waals surface area contributed by atoms with Crippen LogP contribution in [-0.4, -0.2) is 5.11 Å². The van der Waals surface area contributed by atoms with Crippen LogP contribution in [0.5, 0.6) is 5.75 Å². The van der Waals surface area contributed by atoms with Crippen LogP contribution in [0.2, 0.25) is 0 Å². The molecule has 0 atom stereocenters. The van der Waals surface area contributed by atoms with E-state index in [4.69, 9.17) is 5.11 Å². The molecule has 0 bridgehead atoms. The molecule has 1 N–H and O–H groups in total. The van der Waals surface area contributed by atoms with Gasteiger partial charge < -0.3 is 5.11 Å². The second-order valence-electron chi connectivity index (χ2n) is 4.91. The van der Waals surface area contributed by atoms with Gasteiger partial charge in [-0.1, -0.05) is 76.2 Å². The number of hydrogen-bond donors (Lipinski definition) is 1. The van der Waals surface area contributed by atoms with Crippen molar-refractivity contribution < 1.29 is 5.11 Å². The van der Waals surface area contributed by atoms with E-state index in [0.717, 1.165) is 12.3 Å². The predicted molar refractivity (Wildman–Crippen MR) is 84.4 cm³/mol. The van der Waals surface area contributed by atoms with Gasteiger partial charge in [-0.2, -0.15) is 0 Å². The first-order valence-electron chi connectivity index (χ1n) is 6.84. The highest BCUT2D eigenvalue weighted by Gasteiger charge is 1.80. The Balaban J connectivity index is 0.000000272. The van der Waals surface area contributed by atoms with Gasteiger partial charge in [-0.15, -0.1) is 0 Å². The van der Waals surface area contributed by atoms with Crippen molar-refractivity contribution in [2.24, 2.45) is 5.92 Å². The van der Waals surface area contributed by atoms with E-state index < -0.39 is 0 Å². The van der Waals surface area contributed by atoms with Crippen LogP contribution in [-0.2, 0) is 6.42 Å². The number of aromatic hydroxyl groups is 1. The highest BCUT2D eigenvalue weighted by molar-refractivity contribution is 5.18. The van der Waals surface area contributed by atoms with Crippen LogP contribution in [0.3, 0.4) is 0 Å². The average molecular weight is 258 g/mol. The molecule has 0 aliphatic rings. The number of hydrogen-bond acceptors (Lipinski definition) is 1. The maximum atomic E-state index is 8.63. The largest absolute Gasteiger partial charge is 0.508 e. The molecule has 0 heterocycles. The molecule has 0 aliphatic carbocycles. The highest BCUT2D eigenvalue weighted by Crippen LogP contribution is 2.02. The number of rotatable bonds is 1.